The zero-order valence-corrected chi connectivity index (χ0v) is 11.4. The Morgan fingerprint density at radius 3 is 2.94 bits per heavy atom. The van der Waals surface area contributed by atoms with Crippen LogP contribution in [0, 0.1) is 0 Å². The van der Waals surface area contributed by atoms with E-state index < -0.39 is 0 Å². The van der Waals surface area contributed by atoms with E-state index in [2.05, 4.69) is 30.1 Å². The Morgan fingerprint density at radius 2 is 2.22 bits per heavy atom. The van der Waals surface area contributed by atoms with Crippen molar-refractivity contribution in [1.29, 1.82) is 0 Å². The molecule has 0 aromatic heterocycles. The Morgan fingerprint density at radius 1 is 1.44 bits per heavy atom. The van der Waals surface area contributed by atoms with Crippen LogP contribution in [0.15, 0.2) is 24.3 Å². The van der Waals surface area contributed by atoms with Gasteiger partial charge in [0.05, 0.1) is 0 Å². The van der Waals surface area contributed by atoms with Gasteiger partial charge in [0.1, 0.15) is 11.9 Å². The number of piperidine rings is 1. The predicted molar refractivity (Wildman–Crippen MR) is 74.9 cm³/mol. The molecule has 0 spiro atoms. The first-order valence-corrected chi connectivity index (χ1v) is 6.84. The fourth-order valence-electron chi connectivity index (χ4n) is 2.53. The molecule has 3 nitrogen and oxygen atoms in total. The summed E-state index contributed by atoms with van der Waals surface area (Å²) >= 11 is 0. The second-order valence-corrected chi connectivity index (χ2v) is 5.43. The third-order valence-electron chi connectivity index (χ3n) is 3.39. The third kappa shape index (κ3) is 3.72. The highest BCUT2D eigenvalue weighted by atomic mass is 16.5. The molecule has 0 amide bonds. The van der Waals surface area contributed by atoms with E-state index in [1.807, 2.05) is 13.0 Å². The molecule has 1 heterocycles. The lowest BCUT2D eigenvalue weighted by atomic mass is 10.1. The van der Waals surface area contributed by atoms with E-state index in [0.717, 1.165) is 25.1 Å². The number of likely N-dealkylation sites (tertiary alicyclic amines) is 1. The molecule has 0 bridgehead atoms. The van der Waals surface area contributed by atoms with Crippen LogP contribution in [0.4, 0.5) is 0 Å². The highest BCUT2D eigenvalue weighted by Crippen LogP contribution is 2.23. The van der Waals surface area contributed by atoms with Gasteiger partial charge in [-0.25, -0.2) is 0 Å². The summed E-state index contributed by atoms with van der Waals surface area (Å²) in [6.07, 6.45) is 3.56. The maximum absolute atomic E-state index is 6.16. The average molecular weight is 248 g/mol. The maximum Gasteiger partial charge on any atom is 0.123 e. The molecule has 100 valence electrons. The van der Waals surface area contributed by atoms with Crippen molar-refractivity contribution in [2.24, 2.45) is 5.73 Å². The number of rotatable bonds is 4. The van der Waals surface area contributed by atoms with Gasteiger partial charge in [-0.1, -0.05) is 18.2 Å². The minimum absolute atomic E-state index is 0.170. The lowest BCUT2D eigenvalue weighted by molar-refractivity contribution is 0.103. The molecule has 1 aliphatic heterocycles. The van der Waals surface area contributed by atoms with Crippen molar-refractivity contribution in [3.05, 3.63) is 29.8 Å². The van der Waals surface area contributed by atoms with Crippen LogP contribution in [-0.4, -0.2) is 37.2 Å². The molecule has 0 saturated carbocycles. The summed E-state index contributed by atoms with van der Waals surface area (Å²) in [5.41, 5.74) is 7.11. The van der Waals surface area contributed by atoms with Crippen molar-refractivity contribution >= 4 is 0 Å². The molecule has 0 radical (unpaired) electrons. The average Bonchev–Trinajstić information content (AvgIpc) is 2.31. The quantitative estimate of drug-likeness (QED) is 0.886. The number of hydrogen-bond acceptors (Lipinski definition) is 3. The first kappa shape index (κ1) is 13.4. The van der Waals surface area contributed by atoms with Crippen molar-refractivity contribution in [2.45, 2.75) is 38.3 Å². The van der Waals surface area contributed by atoms with E-state index >= 15 is 0 Å². The normalized spacial score (nSPS) is 22.7. The summed E-state index contributed by atoms with van der Waals surface area (Å²) in [4.78, 5) is 2.34. The zero-order chi connectivity index (χ0) is 13.0. The Bertz CT molecular complexity index is 379. The number of nitrogens with zero attached hydrogens (tertiary/aromatic N) is 1. The van der Waals surface area contributed by atoms with Crippen molar-refractivity contribution < 1.29 is 4.74 Å². The minimum Gasteiger partial charge on any atom is -0.489 e. The molecule has 18 heavy (non-hydrogen) atoms. The molecule has 1 aliphatic rings. The fourth-order valence-corrected chi connectivity index (χ4v) is 2.53. The minimum atomic E-state index is 0.170. The summed E-state index contributed by atoms with van der Waals surface area (Å²) in [6, 6.07) is 8.44. The molecular formula is C15H24N2O. The maximum atomic E-state index is 6.16. The Hall–Kier alpha value is -1.06. The molecule has 1 aromatic rings. The second-order valence-electron chi connectivity index (χ2n) is 5.43. The van der Waals surface area contributed by atoms with Crippen molar-refractivity contribution in [2.75, 3.05) is 20.1 Å². The largest absolute Gasteiger partial charge is 0.489 e. The van der Waals surface area contributed by atoms with Gasteiger partial charge < -0.3 is 15.4 Å². The molecule has 2 rings (SSSR count). The van der Waals surface area contributed by atoms with Gasteiger partial charge in [0.25, 0.3) is 0 Å². The zero-order valence-electron chi connectivity index (χ0n) is 11.4. The molecule has 2 unspecified atom stereocenters. The molecule has 2 atom stereocenters. The molecule has 1 saturated heterocycles. The van der Waals surface area contributed by atoms with Gasteiger partial charge in [-0.05, 0) is 51.4 Å². The van der Waals surface area contributed by atoms with Gasteiger partial charge in [-0.2, -0.15) is 0 Å². The van der Waals surface area contributed by atoms with Crippen LogP contribution in [0.2, 0.25) is 0 Å². The van der Waals surface area contributed by atoms with Gasteiger partial charge in [0, 0.05) is 12.6 Å². The monoisotopic (exact) mass is 248 g/mol. The van der Waals surface area contributed by atoms with E-state index in [1.165, 1.54) is 18.5 Å². The standard InChI is InChI=1S/C15H24N2O/c1-12(16)10-13-6-3-4-8-15(13)18-14-7-5-9-17(2)11-14/h3-4,6,8,12,14H,5,7,9-11,16H2,1-2H3. The van der Waals surface area contributed by atoms with E-state index in [0.29, 0.717) is 6.10 Å². The number of para-hydroxylation sites is 1. The van der Waals surface area contributed by atoms with Crippen molar-refractivity contribution in [3.63, 3.8) is 0 Å². The highest BCUT2D eigenvalue weighted by molar-refractivity contribution is 5.34. The highest BCUT2D eigenvalue weighted by Gasteiger charge is 2.19. The van der Waals surface area contributed by atoms with E-state index in [-0.39, 0.29) is 6.04 Å². The van der Waals surface area contributed by atoms with Gasteiger partial charge in [0.15, 0.2) is 0 Å². The number of nitrogens with two attached hydrogens (primary N) is 1. The van der Waals surface area contributed by atoms with Crippen molar-refractivity contribution in [1.82, 2.24) is 4.90 Å². The molecule has 1 aromatic carbocycles. The fraction of sp³-hybridized carbons (Fsp3) is 0.600. The van der Waals surface area contributed by atoms with Crippen LogP contribution in [-0.2, 0) is 6.42 Å². The van der Waals surface area contributed by atoms with Crippen LogP contribution < -0.4 is 10.5 Å². The van der Waals surface area contributed by atoms with Crippen LogP contribution in [0.3, 0.4) is 0 Å². The number of benzene rings is 1. The van der Waals surface area contributed by atoms with Gasteiger partial charge >= 0.3 is 0 Å². The van der Waals surface area contributed by atoms with E-state index in [9.17, 15) is 0 Å². The number of hydrogen-bond donors (Lipinski definition) is 1. The molecule has 1 fully saturated rings. The Kier molecular flexibility index (Phi) is 4.61. The van der Waals surface area contributed by atoms with Crippen molar-refractivity contribution in [3.8, 4) is 5.75 Å². The first-order valence-electron chi connectivity index (χ1n) is 6.84. The van der Waals surface area contributed by atoms with Crippen LogP contribution in [0.5, 0.6) is 5.75 Å². The van der Waals surface area contributed by atoms with Gasteiger partial charge in [-0.3, -0.25) is 0 Å². The molecule has 0 aliphatic carbocycles. The van der Waals surface area contributed by atoms with E-state index in [1.54, 1.807) is 0 Å². The smallest absolute Gasteiger partial charge is 0.123 e. The lowest BCUT2D eigenvalue weighted by Gasteiger charge is -2.30. The topological polar surface area (TPSA) is 38.5 Å². The Balaban J connectivity index is 2.03. The molecular weight excluding hydrogens is 224 g/mol. The SMILES string of the molecule is CC(N)Cc1ccccc1OC1CCCN(C)C1. The van der Waals surface area contributed by atoms with Gasteiger partial charge in [-0.15, -0.1) is 0 Å². The van der Waals surface area contributed by atoms with Crippen LogP contribution in [0.25, 0.3) is 0 Å². The number of ether oxygens (including phenoxy) is 1. The number of likely N-dealkylation sites (N-methyl/N-ethyl adjacent to an activating group) is 1. The van der Waals surface area contributed by atoms with Crippen LogP contribution >= 0.6 is 0 Å². The predicted octanol–water partition coefficient (Wildman–Crippen LogP) is 2.05. The Labute approximate surface area is 110 Å². The summed E-state index contributed by atoms with van der Waals surface area (Å²) in [5, 5.41) is 0. The van der Waals surface area contributed by atoms with Gasteiger partial charge in [0.2, 0.25) is 0 Å². The summed E-state index contributed by atoms with van der Waals surface area (Å²) in [7, 11) is 2.16. The second kappa shape index (κ2) is 6.21. The molecule has 2 N–H and O–H groups in total. The third-order valence-corrected chi connectivity index (χ3v) is 3.39. The lowest BCUT2D eigenvalue weighted by Crippen LogP contribution is -2.38. The molecule has 3 heteroatoms. The summed E-state index contributed by atoms with van der Waals surface area (Å²) in [5.74, 6) is 1.01. The summed E-state index contributed by atoms with van der Waals surface area (Å²) < 4.78 is 6.16. The van der Waals surface area contributed by atoms with Crippen LogP contribution in [0.1, 0.15) is 25.3 Å². The first-order chi connectivity index (χ1) is 8.65. The summed E-state index contributed by atoms with van der Waals surface area (Å²) in [6.45, 7) is 4.24. The van der Waals surface area contributed by atoms with E-state index in [4.69, 9.17) is 10.5 Å².